The molecule has 4 aromatic rings. The lowest BCUT2D eigenvalue weighted by atomic mass is 9.91. The van der Waals surface area contributed by atoms with Crippen LogP contribution in [0.5, 0.6) is 0 Å². The fourth-order valence-electron chi connectivity index (χ4n) is 11.2. The summed E-state index contributed by atoms with van der Waals surface area (Å²) in [5.74, 6) is 0.798. The molecule has 0 spiro atoms. The van der Waals surface area contributed by atoms with E-state index in [2.05, 4.69) is 91.8 Å². The number of aromatic amines is 1. The zero-order valence-corrected chi connectivity index (χ0v) is 39.7. The van der Waals surface area contributed by atoms with Crippen molar-refractivity contribution in [3.63, 3.8) is 0 Å². The van der Waals surface area contributed by atoms with Gasteiger partial charge in [-0.05, 0) is 122 Å². The zero-order chi connectivity index (χ0) is 46.9. The van der Waals surface area contributed by atoms with Crippen LogP contribution in [-0.4, -0.2) is 109 Å². The first-order valence-corrected chi connectivity index (χ1v) is 24.3. The number of methoxy groups -OCH3 is 2. The van der Waals surface area contributed by atoms with Crippen LogP contribution in [0.2, 0.25) is 0 Å². The molecule has 5 aliphatic heterocycles. The molecular formula is C51H67N9O7. The number of anilines is 3. The number of hydrogen-bond donors (Lipinski definition) is 5. The molecule has 358 valence electrons. The van der Waals surface area contributed by atoms with Crippen molar-refractivity contribution in [1.29, 1.82) is 0 Å². The van der Waals surface area contributed by atoms with Gasteiger partial charge in [-0.3, -0.25) is 9.59 Å². The molecule has 4 saturated heterocycles. The smallest absolute Gasteiger partial charge is 0.407 e. The molecule has 3 aromatic carbocycles. The molecule has 5 N–H and O–H groups in total. The Morgan fingerprint density at radius 3 is 1.91 bits per heavy atom. The SMILES string of the molecule is COC(=O)N[C@H](C(=O)N1CCC[C@H]1c1nc2ccc([C@H]3CC[C@H](c4ccc5c(c4)NC([C@@H]4CCCN4C(=O)[C@@H](NC(=O)OC)C(C)C)N5)N3c3ccc(C4CCOCC4)cc3)cc2[nH]1)C(C)C. The summed E-state index contributed by atoms with van der Waals surface area (Å²) in [5, 5.41) is 13.0. The molecule has 1 unspecified atom stereocenters. The number of amides is 4. The number of fused-ring (bicyclic) bond motifs is 2. The lowest BCUT2D eigenvalue weighted by Crippen LogP contribution is -2.56. The normalized spacial score (nSPS) is 23.8. The van der Waals surface area contributed by atoms with Gasteiger partial charge in [0.1, 0.15) is 24.1 Å². The summed E-state index contributed by atoms with van der Waals surface area (Å²) >= 11 is 0. The third-order valence-electron chi connectivity index (χ3n) is 14.8. The largest absolute Gasteiger partial charge is 0.453 e. The van der Waals surface area contributed by atoms with Gasteiger partial charge in [-0.15, -0.1) is 0 Å². The molecule has 67 heavy (non-hydrogen) atoms. The quantitative estimate of drug-likeness (QED) is 0.0926. The molecule has 0 bridgehead atoms. The highest BCUT2D eigenvalue weighted by Crippen LogP contribution is 2.49. The van der Waals surface area contributed by atoms with E-state index in [-0.39, 0.29) is 54.0 Å². The zero-order valence-electron chi connectivity index (χ0n) is 39.7. The maximum absolute atomic E-state index is 13.9. The highest BCUT2D eigenvalue weighted by Gasteiger charge is 2.43. The number of nitrogens with one attached hydrogen (secondary N) is 5. The first-order chi connectivity index (χ1) is 32.4. The van der Waals surface area contributed by atoms with Crippen LogP contribution in [0, 0.1) is 11.8 Å². The molecule has 16 heteroatoms. The van der Waals surface area contributed by atoms with E-state index in [1.54, 1.807) is 0 Å². The number of H-pyrrole nitrogens is 1. The molecule has 0 saturated carbocycles. The number of benzene rings is 3. The summed E-state index contributed by atoms with van der Waals surface area (Å²) in [5.41, 5.74) is 8.71. The second-order valence-corrected chi connectivity index (χ2v) is 19.6. The van der Waals surface area contributed by atoms with Crippen LogP contribution < -0.4 is 26.2 Å². The summed E-state index contributed by atoms with van der Waals surface area (Å²) in [4.78, 5) is 67.3. The number of carbonyl (C=O) groups excluding carboxylic acids is 4. The molecule has 4 fully saturated rings. The fraction of sp³-hybridized carbons (Fsp3) is 0.549. The molecule has 16 nitrogen and oxygen atoms in total. The minimum Gasteiger partial charge on any atom is -0.453 e. The molecule has 7 atom stereocenters. The molecule has 4 amide bonds. The molecular weight excluding hydrogens is 851 g/mol. The lowest BCUT2D eigenvalue weighted by molar-refractivity contribution is -0.136. The average Bonchev–Trinajstić information content (AvgIpc) is 4.20. The first-order valence-electron chi connectivity index (χ1n) is 24.3. The Labute approximate surface area is 393 Å². The van der Waals surface area contributed by atoms with E-state index in [0.717, 1.165) is 92.8 Å². The van der Waals surface area contributed by atoms with E-state index < -0.39 is 24.3 Å². The molecule has 1 aromatic heterocycles. The van der Waals surface area contributed by atoms with Crippen LogP contribution >= 0.6 is 0 Å². The van der Waals surface area contributed by atoms with Gasteiger partial charge >= 0.3 is 12.2 Å². The highest BCUT2D eigenvalue weighted by atomic mass is 16.5. The summed E-state index contributed by atoms with van der Waals surface area (Å²) in [7, 11) is 2.62. The Bertz CT molecular complexity index is 2430. The number of carbonyl (C=O) groups is 4. The van der Waals surface area contributed by atoms with E-state index in [0.29, 0.717) is 19.0 Å². The number of aromatic nitrogens is 2. The number of rotatable bonds is 12. The minimum atomic E-state index is -0.704. The second-order valence-electron chi connectivity index (χ2n) is 19.6. The highest BCUT2D eigenvalue weighted by molar-refractivity contribution is 5.88. The Balaban J connectivity index is 0.978. The van der Waals surface area contributed by atoms with E-state index in [4.69, 9.17) is 19.2 Å². The van der Waals surface area contributed by atoms with Gasteiger partial charge in [0.15, 0.2) is 0 Å². The van der Waals surface area contributed by atoms with Crippen LogP contribution in [-0.2, 0) is 23.8 Å². The van der Waals surface area contributed by atoms with E-state index >= 15 is 0 Å². The van der Waals surface area contributed by atoms with Gasteiger partial charge in [0.2, 0.25) is 11.8 Å². The second kappa shape index (κ2) is 19.7. The van der Waals surface area contributed by atoms with Crippen molar-refractivity contribution in [1.82, 2.24) is 30.4 Å². The number of likely N-dealkylation sites (tertiary alicyclic amines) is 2. The Kier molecular flexibility index (Phi) is 13.5. The van der Waals surface area contributed by atoms with Crippen molar-refractivity contribution >= 4 is 52.1 Å². The molecule has 5 aliphatic rings. The van der Waals surface area contributed by atoms with Gasteiger partial charge in [-0.25, -0.2) is 14.6 Å². The summed E-state index contributed by atoms with van der Waals surface area (Å²) < 4.78 is 15.4. The number of hydrogen-bond acceptors (Lipinski definition) is 11. The Morgan fingerprint density at radius 1 is 0.672 bits per heavy atom. The number of alkyl carbamates (subject to hydrolysis) is 2. The van der Waals surface area contributed by atoms with Crippen LogP contribution in [0.3, 0.4) is 0 Å². The van der Waals surface area contributed by atoms with Crippen LogP contribution in [0.25, 0.3) is 11.0 Å². The summed E-state index contributed by atoms with van der Waals surface area (Å²) in [6.45, 7) is 10.5. The maximum atomic E-state index is 13.9. The van der Waals surface area contributed by atoms with Crippen molar-refractivity contribution in [2.45, 2.75) is 127 Å². The first kappa shape index (κ1) is 46.1. The van der Waals surface area contributed by atoms with Crippen molar-refractivity contribution < 1.29 is 33.4 Å². The van der Waals surface area contributed by atoms with Gasteiger partial charge < -0.3 is 55.2 Å². The van der Waals surface area contributed by atoms with Crippen molar-refractivity contribution in [3.05, 3.63) is 83.2 Å². The van der Waals surface area contributed by atoms with Gasteiger partial charge in [0.05, 0.1) is 60.8 Å². The van der Waals surface area contributed by atoms with E-state index in [1.165, 1.54) is 36.6 Å². The number of ether oxygens (including phenoxy) is 3. The number of nitrogens with zero attached hydrogens (tertiary/aromatic N) is 4. The van der Waals surface area contributed by atoms with Gasteiger partial charge in [0.25, 0.3) is 0 Å². The van der Waals surface area contributed by atoms with Crippen molar-refractivity contribution in [2.75, 3.05) is 56.1 Å². The third-order valence-corrected chi connectivity index (χ3v) is 14.8. The van der Waals surface area contributed by atoms with Gasteiger partial charge in [-0.1, -0.05) is 52.0 Å². The minimum absolute atomic E-state index is 0.0773. The van der Waals surface area contributed by atoms with Gasteiger partial charge in [0, 0.05) is 32.0 Å². The Morgan fingerprint density at radius 2 is 1.25 bits per heavy atom. The Hall–Kier alpha value is -6.03. The summed E-state index contributed by atoms with van der Waals surface area (Å²) in [6, 6.07) is 20.9. The van der Waals surface area contributed by atoms with Crippen LogP contribution in [0.4, 0.5) is 26.7 Å². The molecule has 0 aliphatic carbocycles. The van der Waals surface area contributed by atoms with Gasteiger partial charge in [-0.2, -0.15) is 0 Å². The standard InChI is InChI=1S/C51H67N9O7/c1-29(2)44(56-50(63)65-5)48(61)58-23-7-9-42(58)46-52-36-17-13-33(27-38(36)54-46)40-19-20-41(60(40)35-15-11-31(12-16-35)32-21-25-67-26-22-32)34-14-18-37-39(28-34)55-47(53-37)43-10-8-24-59(43)49(62)45(30(3)4)57-51(64)66-6/h11-18,27-30,32,40-46,52,54H,7-10,19-26H2,1-6H3,(H,53,55)(H,56,63)(H,57,64)/t40-,41-,42+,43+,44+,45+,46?/m1/s1. The topological polar surface area (TPSA) is 182 Å². The van der Waals surface area contributed by atoms with E-state index in [1.807, 2.05) is 37.5 Å². The monoisotopic (exact) mass is 918 g/mol. The molecule has 0 radical (unpaired) electrons. The third kappa shape index (κ3) is 9.33. The molecule has 9 rings (SSSR count). The average molecular weight is 918 g/mol. The summed E-state index contributed by atoms with van der Waals surface area (Å²) in [6.07, 6.45) is 5.88. The van der Waals surface area contributed by atoms with Crippen LogP contribution in [0.15, 0.2) is 60.7 Å². The van der Waals surface area contributed by atoms with E-state index in [9.17, 15) is 19.2 Å². The van der Waals surface area contributed by atoms with Crippen LogP contribution in [0.1, 0.15) is 126 Å². The maximum Gasteiger partial charge on any atom is 0.407 e. The van der Waals surface area contributed by atoms with Crippen molar-refractivity contribution in [3.8, 4) is 0 Å². The predicted molar refractivity (Wildman–Crippen MR) is 257 cm³/mol. The molecule has 6 heterocycles. The number of imidazole rings is 1. The van der Waals surface area contributed by atoms with Crippen molar-refractivity contribution in [2.24, 2.45) is 11.8 Å². The predicted octanol–water partition coefficient (Wildman–Crippen LogP) is 8.12. The fourth-order valence-corrected chi connectivity index (χ4v) is 11.2. The lowest BCUT2D eigenvalue weighted by Gasteiger charge is -2.34.